The lowest BCUT2D eigenvalue weighted by molar-refractivity contribution is -0.254. The molecule has 0 bridgehead atoms. The molecule has 174 valence electrons. The van der Waals surface area contributed by atoms with Crippen molar-refractivity contribution in [3.63, 3.8) is 0 Å². The Kier molecular flexibility index (Phi) is 11.8. The van der Waals surface area contributed by atoms with Gasteiger partial charge in [-0.2, -0.15) is 0 Å². The van der Waals surface area contributed by atoms with Crippen LogP contribution in [0, 0.1) is 0 Å². The highest BCUT2D eigenvalue weighted by atomic mass is 16.6. The van der Waals surface area contributed by atoms with Gasteiger partial charge in [0.1, 0.15) is 30.1 Å². The minimum atomic E-state index is -1.44. The molecule has 0 radical (unpaired) electrons. The topological polar surface area (TPSA) is 130 Å². The zero-order valence-electron chi connectivity index (χ0n) is 18.1. The summed E-state index contributed by atoms with van der Waals surface area (Å²) in [6.07, 6.45) is 8.09. The molecule has 9 heteroatoms. The smallest absolute Gasteiger partial charge is 0.180 e. The van der Waals surface area contributed by atoms with Crippen LogP contribution >= 0.6 is 0 Å². The molecular formula is C21H39N3O6. The molecule has 1 aliphatic heterocycles. The highest BCUT2D eigenvalue weighted by molar-refractivity contribution is 4.95. The van der Waals surface area contributed by atoms with Crippen LogP contribution in [-0.2, 0) is 16.1 Å². The van der Waals surface area contributed by atoms with E-state index in [-0.39, 0.29) is 0 Å². The van der Waals surface area contributed by atoms with Gasteiger partial charge in [-0.1, -0.05) is 69.9 Å². The van der Waals surface area contributed by atoms with E-state index < -0.39 is 37.3 Å². The molecule has 4 N–H and O–H groups in total. The Morgan fingerprint density at radius 1 is 0.933 bits per heavy atom. The number of aliphatic hydroxyl groups is 4. The van der Waals surface area contributed by atoms with Crippen LogP contribution in [0.3, 0.4) is 0 Å². The van der Waals surface area contributed by atoms with Crippen LogP contribution in [0.25, 0.3) is 0 Å². The van der Waals surface area contributed by atoms with Crippen molar-refractivity contribution in [1.29, 1.82) is 0 Å². The van der Waals surface area contributed by atoms with Crippen molar-refractivity contribution in [2.75, 3.05) is 13.2 Å². The van der Waals surface area contributed by atoms with Crippen LogP contribution in [0.4, 0.5) is 0 Å². The summed E-state index contributed by atoms with van der Waals surface area (Å²) in [5.74, 6) is 0. The minimum absolute atomic E-state index is 0.300. The second-order valence-electron chi connectivity index (χ2n) is 8.14. The van der Waals surface area contributed by atoms with Crippen LogP contribution < -0.4 is 0 Å². The molecule has 1 aliphatic rings. The molecule has 1 saturated heterocycles. The highest BCUT2D eigenvalue weighted by Gasteiger charge is 2.44. The van der Waals surface area contributed by atoms with Gasteiger partial charge in [0, 0.05) is 6.61 Å². The first kappa shape index (κ1) is 25.2. The third-order valence-corrected chi connectivity index (χ3v) is 5.58. The lowest BCUT2D eigenvalue weighted by Crippen LogP contribution is -2.56. The van der Waals surface area contributed by atoms with E-state index in [2.05, 4.69) is 17.2 Å². The molecule has 0 spiro atoms. The summed E-state index contributed by atoms with van der Waals surface area (Å²) >= 11 is 0. The number of nitrogens with zero attached hydrogens (tertiary/aromatic N) is 3. The largest absolute Gasteiger partial charge is 0.394 e. The Morgan fingerprint density at radius 2 is 1.57 bits per heavy atom. The van der Waals surface area contributed by atoms with Gasteiger partial charge in [0.15, 0.2) is 6.23 Å². The maximum absolute atomic E-state index is 10.1. The van der Waals surface area contributed by atoms with Crippen LogP contribution in [-0.4, -0.2) is 73.0 Å². The van der Waals surface area contributed by atoms with Crippen molar-refractivity contribution >= 4 is 0 Å². The number of unbranched alkanes of at least 4 members (excludes halogenated alkanes) is 9. The molecule has 1 fully saturated rings. The van der Waals surface area contributed by atoms with Gasteiger partial charge in [-0.05, 0) is 6.42 Å². The third-order valence-electron chi connectivity index (χ3n) is 5.58. The summed E-state index contributed by atoms with van der Waals surface area (Å²) in [4.78, 5) is 0. The quantitative estimate of drug-likeness (QED) is 0.310. The Bertz CT molecular complexity index is 571. The zero-order valence-corrected chi connectivity index (χ0v) is 18.1. The molecule has 1 aromatic rings. The highest BCUT2D eigenvalue weighted by Crippen LogP contribution is 2.27. The molecule has 0 aromatic carbocycles. The van der Waals surface area contributed by atoms with Gasteiger partial charge < -0.3 is 29.9 Å². The van der Waals surface area contributed by atoms with Crippen molar-refractivity contribution in [2.24, 2.45) is 0 Å². The molecule has 2 rings (SSSR count). The van der Waals surface area contributed by atoms with E-state index in [9.17, 15) is 20.4 Å². The Hall–Kier alpha value is -1.10. The van der Waals surface area contributed by atoms with Crippen molar-refractivity contribution in [3.8, 4) is 0 Å². The number of aromatic nitrogens is 3. The number of hydrogen-bond acceptors (Lipinski definition) is 8. The fourth-order valence-corrected chi connectivity index (χ4v) is 3.67. The molecule has 5 atom stereocenters. The molecule has 2 heterocycles. The molecule has 0 saturated carbocycles. The van der Waals surface area contributed by atoms with Gasteiger partial charge in [0.05, 0.1) is 19.4 Å². The first-order valence-corrected chi connectivity index (χ1v) is 11.4. The molecule has 1 aromatic heterocycles. The Labute approximate surface area is 179 Å². The summed E-state index contributed by atoms with van der Waals surface area (Å²) in [5, 5.41) is 47.1. The lowest BCUT2D eigenvalue weighted by Gasteiger charge is -2.39. The van der Waals surface area contributed by atoms with Gasteiger partial charge in [-0.25, -0.2) is 4.68 Å². The van der Waals surface area contributed by atoms with E-state index in [1.165, 1.54) is 56.0 Å². The standard InChI is InChI=1S/C21H39N3O6/c1-2-3-4-5-6-7-8-9-10-11-12-29-15-16-13-24(23-22-16)21-20(28)19(27)18(26)17(14-25)30-21/h13,17-21,25-28H,2-12,14-15H2,1H3/t17-,18-,19+,20+,21-/m1/s1. The second-order valence-corrected chi connectivity index (χ2v) is 8.14. The normalized spacial score (nSPS) is 26.9. The first-order chi connectivity index (χ1) is 14.6. The summed E-state index contributed by atoms with van der Waals surface area (Å²) in [6.45, 7) is 2.72. The molecular weight excluding hydrogens is 390 g/mol. The van der Waals surface area contributed by atoms with E-state index in [0.29, 0.717) is 18.9 Å². The van der Waals surface area contributed by atoms with Crippen LogP contribution in [0.15, 0.2) is 6.20 Å². The summed E-state index contributed by atoms with van der Waals surface area (Å²) in [5.41, 5.74) is 0.582. The van der Waals surface area contributed by atoms with E-state index in [1.807, 2.05) is 0 Å². The maximum atomic E-state index is 10.1. The molecule has 9 nitrogen and oxygen atoms in total. The van der Waals surface area contributed by atoms with E-state index in [0.717, 1.165) is 12.8 Å². The average molecular weight is 430 g/mol. The predicted octanol–water partition coefficient (Wildman–Crippen LogP) is 1.69. The summed E-state index contributed by atoms with van der Waals surface area (Å²) < 4.78 is 12.4. The fourth-order valence-electron chi connectivity index (χ4n) is 3.67. The lowest BCUT2D eigenvalue weighted by atomic mass is 9.98. The number of rotatable bonds is 15. The number of hydrogen-bond donors (Lipinski definition) is 4. The third kappa shape index (κ3) is 7.86. The van der Waals surface area contributed by atoms with Gasteiger partial charge >= 0.3 is 0 Å². The van der Waals surface area contributed by atoms with E-state index in [4.69, 9.17) is 9.47 Å². The van der Waals surface area contributed by atoms with E-state index >= 15 is 0 Å². The SMILES string of the molecule is CCCCCCCCCCCCOCc1cn([C@@H]2O[C@H](CO)[C@@H](O)[C@H](O)[C@@H]2O)nn1. The summed E-state index contributed by atoms with van der Waals surface area (Å²) in [6, 6.07) is 0. The predicted molar refractivity (Wildman–Crippen MR) is 111 cm³/mol. The monoisotopic (exact) mass is 429 g/mol. The van der Waals surface area contributed by atoms with Gasteiger partial charge in [0.2, 0.25) is 0 Å². The van der Waals surface area contributed by atoms with Crippen molar-refractivity contribution in [2.45, 2.75) is 108 Å². The minimum Gasteiger partial charge on any atom is -0.394 e. The molecule has 0 unspecified atom stereocenters. The van der Waals surface area contributed by atoms with Crippen molar-refractivity contribution in [1.82, 2.24) is 15.0 Å². The number of aliphatic hydroxyl groups excluding tert-OH is 4. The van der Waals surface area contributed by atoms with E-state index in [1.54, 1.807) is 6.20 Å². The Morgan fingerprint density at radius 3 is 2.20 bits per heavy atom. The molecule has 0 aliphatic carbocycles. The molecule has 30 heavy (non-hydrogen) atoms. The van der Waals surface area contributed by atoms with Gasteiger partial charge in [-0.3, -0.25) is 0 Å². The molecule has 0 amide bonds. The van der Waals surface area contributed by atoms with Crippen molar-refractivity contribution in [3.05, 3.63) is 11.9 Å². The fraction of sp³-hybridized carbons (Fsp3) is 0.905. The van der Waals surface area contributed by atoms with Crippen LogP contribution in [0.1, 0.15) is 83.1 Å². The van der Waals surface area contributed by atoms with Crippen LogP contribution in [0.2, 0.25) is 0 Å². The average Bonchev–Trinajstić information content (AvgIpc) is 3.21. The summed E-state index contributed by atoms with van der Waals surface area (Å²) in [7, 11) is 0. The second kappa shape index (κ2) is 14.1. The Balaban J connectivity index is 1.59. The maximum Gasteiger partial charge on any atom is 0.180 e. The number of ether oxygens (including phenoxy) is 2. The van der Waals surface area contributed by atoms with Gasteiger partial charge in [0.25, 0.3) is 0 Å². The van der Waals surface area contributed by atoms with Crippen LogP contribution in [0.5, 0.6) is 0 Å². The van der Waals surface area contributed by atoms with Crippen molar-refractivity contribution < 1.29 is 29.9 Å². The van der Waals surface area contributed by atoms with Gasteiger partial charge in [-0.15, -0.1) is 5.10 Å². The zero-order chi connectivity index (χ0) is 21.8. The first-order valence-electron chi connectivity index (χ1n) is 11.4.